The Labute approximate surface area is 86.6 Å². The number of ether oxygens (including phenoxy) is 1. The molecule has 14 heavy (non-hydrogen) atoms. The highest BCUT2D eigenvalue weighted by Gasteiger charge is 2.40. The van der Waals surface area contributed by atoms with E-state index in [-0.39, 0.29) is 5.54 Å². The van der Waals surface area contributed by atoms with E-state index >= 15 is 0 Å². The average molecular weight is 198 g/mol. The molecule has 2 unspecified atom stereocenters. The van der Waals surface area contributed by atoms with E-state index < -0.39 is 0 Å². The molecule has 82 valence electrons. The van der Waals surface area contributed by atoms with Crippen LogP contribution in [0.25, 0.3) is 0 Å². The van der Waals surface area contributed by atoms with Crippen molar-refractivity contribution in [3.63, 3.8) is 0 Å². The molecule has 2 N–H and O–H groups in total. The SMILES string of the molecule is CC1(C)C(N)CCN1CC1CCCO1. The van der Waals surface area contributed by atoms with Crippen molar-refractivity contribution in [3.05, 3.63) is 0 Å². The zero-order valence-corrected chi connectivity index (χ0v) is 9.33. The van der Waals surface area contributed by atoms with Crippen LogP contribution in [0.15, 0.2) is 0 Å². The molecular weight excluding hydrogens is 176 g/mol. The molecule has 2 aliphatic rings. The Morgan fingerprint density at radius 2 is 2.21 bits per heavy atom. The molecule has 0 saturated carbocycles. The first-order chi connectivity index (χ1) is 6.60. The van der Waals surface area contributed by atoms with Gasteiger partial charge >= 0.3 is 0 Å². The fourth-order valence-corrected chi connectivity index (χ4v) is 2.53. The second-order valence-corrected chi connectivity index (χ2v) is 5.13. The highest BCUT2D eigenvalue weighted by molar-refractivity contribution is 4.98. The summed E-state index contributed by atoms with van der Waals surface area (Å²) in [5, 5.41) is 0. The Bertz CT molecular complexity index is 199. The number of hydrogen-bond acceptors (Lipinski definition) is 3. The van der Waals surface area contributed by atoms with Crippen molar-refractivity contribution >= 4 is 0 Å². The van der Waals surface area contributed by atoms with Gasteiger partial charge in [0.25, 0.3) is 0 Å². The van der Waals surface area contributed by atoms with E-state index in [1.165, 1.54) is 12.8 Å². The van der Waals surface area contributed by atoms with Crippen LogP contribution in [-0.4, -0.2) is 42.3 Å². The van der Waals surface area contributed by atoms with E-state index in [0.717, 1.165) is 26.1 Å². The molecule has 2 heterocycles. The van der Waals surface area contributed by atoms with Crippen molar-refractivity contribution in [1.29, 1.82) is 0 Å². The maximum absolute atomic E-state index is 6.09. The fourth-order valence-electron chi connectivity index (χ4n) is 2.53. The molecule has 0 aliphatic carbocycles. The highest BCUT2D eigenvalue weighted by atomic mass is 16.5. The second-order valence-electron chi connectivity index (χ2n) is 5.13. The van der Waals surface area contributed by atoms with Crippen molar-refractivity contribution < 1.29 is 4.74 Å². The van der Waals surface area contributed by atoms with Gasteiger partial charge in [0.1, 0.15) is 0 Å². The van der Waals surface area contributed by atoms with E-state index in [4.69, 9.17) is 10.5 Å². The summed E-state index contributed by atoms with van der Waals surface area (Å²) < 4.78 is 5.66. The van der Waals surface area contributed by atoms with E-state index in [9.17, 15) is 0 Å². The number of likely N-dealkylation sites (tertiary alicyclic amines) is 1. The predicted octanol–water partition coefficient (Wildman–Crippen LogP) is 0.977. The van der Waals surface area contributed by atoms with Gasteiger partial charge in [-0.05, 0) is 33.1 Å². The van der Waals surface area contributed by atoms with Crippen molar-refractivity contribution in [1.82, 2.24) is 4.90 Å². The van der Waals surface area contributed by atoms with Gasteiger partial charge < -0.3 is 10.5 Å². The average Bonchev–Trinajstić information content (AvgIpc) is 2.70. The van der Waals surface area contributed by atoms with Gasteiger partial charge in [0, 0.05) is 31.3 Å². The molecule has 0 aromatic rings. The minimum absolute atomic E-state index is 0.159. The van der Waals surface area contributed by atoms with Crippen LogP contribution in [0.2, 0.25) is 0 Å². The van der Waals surface area contributed by atoms with Crippen molar-refractivity contribution in [3.8, 4) is 0 Å². The third-order valence-electron chi connectivity index (χ3n) is 3.88. The number of rotatable bonds is 2. The normalized spacial score (nSPS) is 37.9. The summed E-state index contributed by atoms with van der Waals surface area (Å²) in [7, 11) is 0. The fraction of sp³-hybridized carbons (Fsp3) is 1.00. The molecule has 0 aromatic carbocycles. The summed E-state index contributed by atoms with van der Waals surface area (Å²) >= 11 is 0. The highest BCUT2D eigenvalue weighted by Crippen LogP contribution is 2.28. The summed E-state index contributed by atoms with van der Waals surface area (Å²) in [6, 6.07) is 0.323. The third kappa shape index (κ3) is 1.81. The van der Waals surface area contributed by atoms with Gasteiger partial charge in [-0.2, -0.15) is 0 Å². The maximum atomic E-state index is 6.09. The molecule has 2 rings (SSSR count). The number of nitrogens with zero attached hydrogens (tertiary/aromatic N) is 1. The minimum Gasteiger partial charge on any atom is -0.377 e. The lowest BCUT2D eigenvalue weighted by Crippen LogP contribution is -2.50. The number of nitrogens with two attached hydrogens (primary N) is 1. The quantitative estimate of drug-likeness (QED) is 0.719. The van der Waals surface area contributed by atoms with Gasteiger partial charge in [-0.1, -0.05) is 0 Å². The van der Waals surface area contributed by atoms with Crippen molar-refractivity contribution in [2.24, 2.45) is 5.73 Å². The first-order valence-electron chi connectivity index (χ1n) is 5.73. The molecule has 3 heteroatoms. The lowest BCUT2D eigenvalue weighted by molar-refractivity contribution is 0.0486. The maximum Gasteiger partial charge on any atom is 0.0703 e. The molecule has 2 saturated heterocycles. The van der Waals surface area contributed by atoms with E-state index in [0.29, 0.717) is 12.1 Å². The molecule has 0 radical (unpaired) electrons. The van der Waals surface area contributed by atoms with Crippen LogP contribution >= 0.6 is 0 Å². The Morgan fingerprint density at radius 3 is 2.71 bits per heavy atom. The second kappa shape index (κ2) is 3.80. The van der Waals surface area contributed by atoms with Crippen LogP contribution in [0.3, 0.4) is 0 Å². The number of hydrogen-bond donors (Lipinski definition) is 1. The smallest absolute Gasteiger partial charge is 0.0703 e. The van der Waals surface area contributed by atoms with Crippen molar-refractivity contribution in [2.75, 3.05) is 19.7 Å². The van der Waals surface area contributed by atoms with Gasteiger partial charge in [-0.25, -0.2) is 0 Å². The largest absolute Gasteiger partial charge is 0.377 e. The standard InChI is InChI=1S/C11H22N2O/c1-11(2)10(12)5-6-13(11)8-9-4-3-7-14-9/h9-10H,3-8,12H2,1-2H3. The van der Waals surface area contributed by atoms with Crippen LogP contribution in [0.1, 0.15) is 33.1 Å². The lowest BCUT2D eigenvalue weighted by Gasteiger charge is -2.35. The van der Waals surface area contributed by atoms with Gasteiger partial charge in [-0.15, -0.1) is 0 Å². The van der Waals surface area contributed by atoms with Crippen molar-refractivity contribution in [2.45, 2.75) is 50.8 Å². The van der Waals surface area contributed by atoms with Gasteiger partial charge in [0.15, 0.2) is 0 Å². The molecule has 3 nitrogen and oxygen atoms in total. The molecule has 0 bridgehead atoms. The topological polar surface area (TPSA) is 38.5 Å². The summed E-state index contributed by atoms with van der Waals surface area (Å²) in [6.45, 7) is 7.65. The van der Waals surface area contributed by atoms with Crippen LogP contribution in [0.4, 0.5) is 0 Å². The monoisotopic (exact) mass is 198 g/mol. The van der Waals surface area contributed by atoms with Crippen LogP contribution < -0.4 is 5.73 Å². The Balaban J connectivity index is 1.91. The molecule has 2 aliphatic heterocycles. The van der Waals surface area contributed by atoms with Gasteiger partial charge in [-0.3, -0.25) is 4.90 Å². The van der Waals surface area contributed by atoms with E-state index in [1.807, 2.05) is 0 Å². The first-order valence-corrected chi connectivity index (χ1v) is 5.73. The molecule has 0 aromatic heterocycles. The lowest BCUT2D eigenvalue weighted by atomic mass is 9.96. The predicted molar refractivity (Wildman–Crippen MR) is 57.2 cm³/mol. The van der Waals surface area contributed by atoms with Crippen LogP contribution in [-0.2, 0) is 4.74 Å². The Morgan fingerprint density at radius 1 is 1.43 bits per heavy atom. The molecule has 0 amide bonds. The summed E-state index contributed by atoms with van der Waals surface area (Å²) in [4.78, 5) is 2.49. The minimum atomic E-state index is 0.159. The summed E-state index contributed by atoms with van der Waals surface area (Å²) in [5.74, 6) is 0. The van der Waals surface area contributed by atoms with Crippen LogP contribution in [0.5, 0.6) is 0 Å². The van der Waals surface area contributed by atoms with Crippen LogP contribution in [0, 0.1) is 0 Å². The molecule has 2 fully saturated rings. The summed E-state index contributed by atoms with van der Waals surface area (Å²) in [6.07, 6.45) is 4.03. The van der Waals surface area contributed by atoms with Gasteiger partial charge in [0.2, 0.25) is 0 Å². The molecule has 0 spiro atoms. The Kier molecular flexibility index (Phi) is 2.82. The van der Waals surface area contributed by atoms with E-state index in [1.54, 1.807) is 0 Å². The molecular formula is C11H22N2O. The zero-order chi connectivity index (χ0) is 10.2. The van der Waals surface area contributed by atoms with Gasteiger partial charge in [0.05, 0.1) is 6.10 Å². The van der Waals surface area contributed by atoms with E-state index in [2.05, 4.69) is 18.7 Å². The first kappa shape index (κ1) is 10.4. The molecule has 2 atom stereocenters. The summed E-state index contributed by atoms with van der Waals surface area (Å²) in [5.41, 5.74) is 6.25. The Hall–Kier alpha value is -0.120. The zero-order valence-electron chi connectivity index (χ0n) is 9.33. The third-order valence-corrected chi connectivity index (χ3v) is 3.88.